The highest BCUT2D eigenvalue weighted by Crippen LogP contribution is 2.23. The van der Waals surface area contributed by atoms with Crippen LogP contribution in [0.3, 0.4) is 0 Å². The van der Waals surface area contributed by atoms with Crippen LogP contribution in [0.4, 0.5) is 0 Å². The van der Waals surface area contributed by atoms with Crippen molar-refractivity contribution in [3.63, 3.8) is 0 Å². The highest BCUT2D eigenvalue weighted by Gasteiger charge is 2.19. The standard InChI is InChI=1S/C9H16ClNO/c1-7-3-2-4-8(5-7)11-9(12)6-10/h7-8H,2-6H2,1H3,(H,11,12)/t7-,8-/m0/s1. The van der Waals surface area contributed by atoms with E-state index in [0.717, 1.165) is 18.8 Å². The summed E-state index contributed by atoms with van der Waals surface area (Å²) in [5.74, 6) is 0.806. The molecule has 0 aliphatic heterocycles. The molecule has 0 aromatic rings. The van der Waals surface area contributed by atoms with Crippen LogP contribution in [-0.4, -0.2) is 17.8 Å². The summed E-state index contributed by atoms with van der Waals surface area (Å²) in [6.45, 7) is 2.24. The molecule has 1 amide bonds. The Bertz CT molecular complexity index is 161. The molecule has 1 aliphatic carbocycles. The number of rotatable bonds is 2. The summed E-state index contributed by atoms with van der Waals surface area (Å²) in [5, 5.41) is 2.93. The lowest BCUT2D eigenvalue weighted by molar-refractivity contribution is -0.119. The lowest BCUT2D eigenvalue weighted by Gasteiger charge is -2.27. The van der Waals surface area contributed by atoms with Gasteiger partial charge in [0, 0.05) is 6.04 Å². The van der Waals surface area contributed by atoms with Crippen LogP contribution in [0.1, 0.15) is 32.6 Å². The van der Waals surface area contributed by atoms with Crippen LogP contribution in [0, 0.1) is 5.92 Å². The molecule has 0 aromatic heterocycles. The minimum absolute atomic E-state index is 0.0317. The first-order chi connectivity index (χ1) is 5.72. The first-order valence-electron chi connectivity index (χ1n) is 4.57. The van der Waals surface area contributed by atoms with E-state index in [9.17, 15) is 4.79 Å². The van der Waals surface area contributed by atoms with Crippen molar-refractivity contribution in [3.8, 4) is 0 Å². The number of carbonyl (C=O) groups is 1. The second-order valence-corrected chi connectivity index (χ2v) is 3.94. The molecule has 2 atom stereocenters. The van der Waals surface area contributed by atoms with Crippen molar-refractivity contribution in [3.05, 3.63) is 0 Å². The minimum atomic E-state index is -0.0317. The number of alkyl halides is 1. The predicted molar refractivity (Wildman–Crippen MR) is 50.3 cm³/mol. The normalized spacial score (nSPS) is 29.8. The molecule has 1 saturated carbocycles. The largest absolute Gasteiger partial charge is 0.352 e. The first-order valence-corrected chi connectivity index (χ1v) is 5.11. The Morgan fingerprint density at radius 1 is 1.58 bits per heavy atom. The lowest BCUT2D eigenvalue weighted by atomic mass is 9.87. The Balaban J connectivity index is 2.27. The molecule has 0 unspecified atom stereocenters. The predicted octanol–water partition coefficient (Wildman–Crippen LogP) is 1.92. The molecule has 1 rings (SSSR count). The van der Waals surface area contributed by atoms with E-state index in [0.29, 0.717) is 6.04 Å². The van der Waals surface area contributed by atoms with E-state index in [1.54, 1.807) is 0 Å². The van der Waals surface area contributed by atoms with Crippen molar-refractivity contribution < 1.29 is 4.79 Å². The summed E-state index contributed by atoms with van der Waals surface area (Å²) < 4.78 is 0. The van der Waals surface area contributed by atoms with Gasteiger partial charge in [-0.05, 0) is 18.8 Å². The van der Waals surface area contributed by atoms with Crippen LogP contribution in [0.2, 0.25) is 0 Å². The van der Waals surface area contributed by atoms with Crippen LogP contribution in [0.25, 0.3) is 0 Å². The average Bonchev–Trinajstić information content (AvgIpc) is 2.04. The van der Waals surface area contributed by atoms with Crippen molar-refractivity contribution in [1.29, 1.82) is 0 Å². The van der Waals surface area contributed by atoms with Gasteiger partial charge in [-0.25, -0.2) is 0 Å². The van der Waals surface area contributed by atoms with Crippen molar-refractivity contribution in [2.45, 2.75) is 38.6 Å². The third-order valence-corrected chi connectivity index (χ3v) is 2.67. The van der Waals surface area contributed by atoms with E-state index in [-0.39, 0.29) is 11.8 Å². The first kappa shape index (κ1) is 9.85. The number of carbonyl (C=O) groups excluding carboxylic acids is 1. The third kappa shape index (κ3) is 3.02. The van der Waals surface area contributed by atoms with Gasteiger partial charge in [0.1, 0.15) is 5.88 Å². The molecule has 70 valence electrons. The van der Waals surface area contributed by atoms with Gasteiger partial charge in [-0.1, -0.05) is 19.8 Å². The SMILES string of the molecule is C[C@H]1CCC[C@H](NC(=O)CCl)C1. The molecule has 2 nitrogen and oxygen atoms in total. The molecule has 0 heterocycles. The summed E-state index contributed by atoms with van der Waals surface area (Å²) >= 11 is 5.40. The minimum Gasteiger partial charge on any atom is -0.352 e. The molecule has 12 heavy (non-hydrogen) atoms. The van der Waals surface area contributed by atoms with Crippen molar-refractivity contribution in [1.82, 2.24) is 5.32 Å². The maximum absolute atomic E-state index is 10.9. The summed E-state index contributed by atoms with van der Waals surface area (Å²) in [7, 11) is 0. The molecule has 1 N–H and O–H groups in total. The van der Waals surface area contributed by atoms with Gasteiger partial charge in [-0.3, -0.25) is 4.79 Å². The van der Waals surface area contributed by atoms with E-state index in [1.807, 2.05) is 0 Å². The zero-order valence-electron chi connectivity index (χ0n) is 7.48. The van der Waals surface area contributed by atoms with Gasteiger partial charge in [0.25, 0.3) is 0 Å². The fourth-order valence-electron chi connectivity index (χ4n) is 1.83. The van der Waals surface area contributed by atoms with Crippen LogP contribution < -0.4 is 5.32 Å². The number of hydrogen-bond acceptors (Lipinski definition) is 1. The molecule has 0 spiro atoms. The molecule has 1 fully saturated rings. The topological polar surface area (TPSA) is 29.1 Å². The summed E-state index contributed by atoms with van der Waals surface area (Å²) in [5.41, 5.74) is 0. The fraction of sp³-hybridized carbons (Fsp3) is 0.889. The zero-order valence-corrected chi connectivity index (χ0v) is 8.23. The van der Waals surface area contributed by atoms with Crippen LogP contribution in [0.15, 0.2) is 0 Å². The van der Waals surface area contributed by atoms with Crippen LogP contribution >= 0.6 is 11.6 Å². The maximum Gasteiger partial charge on any atom is 0.235 e. The second-order valence-electron chi connectivity index (χ2n) is 3.67. The Morgan fingerprint density at radius 3 is 2.92 bits per heavy atom. The zero-order chi connectivity index (χ0) is 8.97. The number of amides is 1. The monoisotopic (exact) mass is 189 g/mol. The summed E-state index contributed by atoms with van der Waals surface area (Å²) in [6.07, 6.45) is 4.76. The van der Waals surface area contributed by atoms with Gasteiger partial charge in [0.15, 0.2) is 0 Å². The second kappa shape index (κ2) is 4.70. The van der Waals surface area contributed by atoms with Gasteiger partial charge in [0.2, 0.25) is 5.91 Å². The lowest BCUT2D eigenvalue weighted by Crippen LogP contribution is -2.38. The maximum atomic E-state index is 10.9. The Hall–Kier alpha value is -0.240. The Morgan fingerprint density at radius 2 is 2.33 bits per heavy atom. The molecule has 0 aromatic carbocycles. The smallest absolute Gasteiger partial charge is 0.235 e. The molecule has 3 heteroatoms. The molecular formula is C9H16ClNO. The molecule has 0 radical (unpaired) electrons. The molecule has 0 bridgehead atoms. The van der Waals surface area contributed by atoms with Gasteiger partial charge < -0.3 is 5.32 Å². The van der Waals surface area contributed by atoms with Crippen molar-refractivity contribution in [2.75, 3.05) is 5.88 Å². The van der Waals surface area contributed by atoms with Gasteiger partial charge >= 0.3 is 0 Å². The highest BCUT2D eigenvalue weighted by molar-refractivity contribution is 6.27. The summed E-state index contributed by atoms with van der Waals surface area (Å²) in [6, 6.07) is 0.375. The fourth-order valence-corrected chi connectivity index (χ4v) is 1.91. The van der Waals surface area contributed by atoms with Gasteiger partial charge in [-0.15, -0.1) is 11.6 Å². The van der Waals surface area contributed by atoms with Crippen LogP contribution in [0.5, 0.6) is 0 Å². The third-order valence-electron chi connectivity index (χ3n) is 2.42. The van der Waals surface area contributed by atoms with Crippen LogP contribution in [-0.2, 0) is 4.79 Å². The van der Waals surface area contributed by atoms with E-state index < -0.39 is 0 Å². The van der Waals surface area contributed by atoms with E-state index in [2.05, 4.69) is 12.2 Å². The van der Waals surface area contributed by atoms with Gasteiger partial charge in [-0.2, -0.15) is 0 Å². The molecule has 0 saturated heterocycles. The number of nitrogens with one attached hydrogen (secondary N) is 1. The molecular weight excluding hydrogens is 174 g/mol. The van der Waals surface area contributed by atoms with E-state index in [1.165, 1.54) is 12.8 Å². The molecule has 1 aliphatic rings. The van der Waals surface area contributed by atoms with E-state index >= 15 is 0 Å². The van der Waals surface area contributed by atoms with E-state index in [4.69, 9.17) is 11.6 Å². The van der Waals surface area contributed by atoms with Crippen molar-refractivity contribution >= 4 is 17.5 Å². The van der Waals surface area contributed by atoms with Gasteiger partial charge in [0.05, 0.1) is 0 Å². The number of hydrogen-bond donors (Lipinski definition) is 1. The average molecular weight is 190 g/mol. The Labute approximate surface area is 78.7 Å². The highest BCUT2D eigenvalue weighted by atomic mass is 35.5. The van der Waals surface area contributed by atoms with Crippen molar-refractivity contribution in [2.24, 2.45) is 5.92 Å². The summed E-state index contributed by atoms with van der Waals surface area (Å²) in [4.78, 5) is 10.9. The Kier molecular flexibility index (Phi) is 3.86. The quantitative estimate of drug-likeness (QED) is 0.661. The number of halogens is 1.